The van der Waals surface area contributed by atoms with Crippen LogP contribution in [0.1, 0.15) is 52.4 Å². The number of rotatable bonds is 6. The van der Waals surface area contributed by atoms with Gasteiger partial charge in [-0.25, -0.2) is 4.98 Å². The molecule has 0 radical (unpaired) electrons. The van der Waals surface area contributed by atoms with E-state index in [1.807, 2.05) is 18.2 Å². The molecule has 0 saturated carbocycles. The van der Waals surface area contributed by atoms with Crippen molar-refractivity contribution in [3.05, 3.63) is 57.4 Å². The van der Waals surface area contributed by atoms with Crippen LogP contribution in [0.5, 0.6) is 0 Å². The number of likely N-dealkylation sites (tertiary alicyclic amines) is 1. The van der Waals surface area contributed by atoms with Crippen molar-refractivity contribution in [1.29, 1.82) is 0 Å². The van der Waals surface area contributed by atoms with Crippen LogP contribution in [0.15, 0.2) is 36.5 Å². The number of fused-ring (bicyclic) bond motifs is 1. The highest BCUT2D eigenvalue weighted by molar-refractivity contribution is 7.14. The first kappa shape index (κ1) is 23.2. The zero-order valence-corrected chi connectivity index (χ0v) is 18.6. The molecule has 1 saturated heterocycles. The molecule has 1 aliphatic heterocycles. The molecule has 3 aromatic rings. The second kappa shape index (κ2) is 10.2. The second-order valence-corrected chi connectivity index (χ2v) is 9.69. The number of hydrogen-bond donors (Lipinski definition) is 2. The van der Waals surface area contributed by atoms with Gasteiger partial charge in [-0.05, 0) is 93.4 Å². The van der Waals surface area contributed by atoms with Gasteiger partial charge in [-0.2, -0.15) is 0 Å². The lowest BCUT2D eigenvalue weighted by molar-refractivity contribution is 0.0954. The van der Waals surface area contributed by atoms with Crippen LogP contribution in [0, 0.1) is 12.8 Å². The molecule has 31 heavy (non-hydrogen) atoms. The molecule has 0 spiro atoms. The lowest BCUT2D eigenvalue weighted by Crippen LogP contribution is -2.30. The minimum atomic E-state index is 0. The van der Waals surface area contributed by atoms with E-state index in [1.165, 1.54) is 42.8 Å². The lowest BCUT2D eigenvalue weighted by Gasteiger charge is -2.28. The Morgan fingerprint density at radius 2 is 2.03 bits per heavy atom. The van der Waals surface area contributed by atoms with Gasteiger partial charge in [0.25, 0.3) is 5.91 Å². The van der Waals surface area contributed by atoms with E-state index < -0.39 is 0 Å². The molecule has 0 bridgehead atoms. The molecule has 2 aromatic heterocycles. The summed E-state index contributed by atoms with van der Waals surface area (Å²) in [7, 11) is 2.20. The summed E-state index contributed by atoms with van der Waals surface area (Å²) in [5.74, 6) is 1.34. The number of carbonyl (C=O) groups is 1. The largest absolute Gasteiger partial charge is 0.383 e. The fourth-order valence-corrected chi connectivity index (χ4v) is 5.26. The molecule has 3 N–H and O–H groups in total. The molecule has 6 heteroatoms. The van der Waals surface area contributed by atoms with Crippen molar-refractivity contribution in [3.8, 4) is 0 Å². The standard InChI is InChI=1S/C24H30N4OS.CH4/c1-16-13-20(5-3-17-8-11-28(2)12-9-17)22(30-16)24(29)27-15-18-4-6-21-19(14-18)7-10-26-23(21)25;/h4,6-7,10,13-14,17H,3,5,8-9,11-12,15H2,1-2H3,(H2,25,26)(H,27,29);1H4. The normalized spacial score (nSPS) is 15.0. The van der Waals surface area contributed by atoms with E-state index in [4.69, 9.17) is 5.73 Å². The fourth-order valence-electron chi connectivity index (χ4n) is 4.28. The summed E-state index contributed by atoms with van der Waals surface area (Å²) in [5, 5.41) is 5.09. The first-order valence-corrected chi connectivity index (χ1v) is 11.5. The molecular formula is C25H34N4OS. The number of nitrogens with one attached hydrogen (secondary N) is 1. The van der Waals surface area contributed by atoms with Crippen molar-refractivity contribution in [1.82, 2.24) is 15.2 Å². The number of piperidine rings is 1. The molecule has 0 atom stereocenters. The molecule has 3 heterocycles. The number of carbonyl (C=O) groups excluding carboxylic acids is 1. The average molecular weight is 439 g/mol. The Morgan fingerprint density at radius 3 is 2.81 bits per heavy atom. The molecule has 0 unspecified atom stereocenters. The first-order chi connectivity index (χ1) is 14.5. The van der Waals surface area contributed by atoms with E-state index in [-0.39, 0.29) is 13.3 Å². The van der Waals surface area contributed by atoms with Gasteiger partial charge in [-0.3, -0.25) is 4.79 Å². The van der Waals surface area contributed by atoms with Gasteiger partial charge < -0.3 is 16.0 Å². The van der Waals surface area contributed by atoms with Crippen molar-refractivity contribution in [3.63, 3.8) is 0 Å². The maximum Gasteiger partial charge on any atom is 0.261 e. The van der Waals surface area contributed by atoms with E-state index >= 15 is 0 Å². The molecule has 1 amide bonds. The van der Waals surface area contributed by atoms with Gasteiger partial charge in [0, 0.05) is 23.0 Å². The van der Waals surface area contributed by atoms with Gasteiger partial charge in [0.15, 0.2) is 0 Å². The van der Waals surface area contributed by atoms with Crippen LogP contribution in [0.3, 0.4) is 0 Å². The van der Waals surface area contributed by atoms with Crippen molar-refractivity contribution < 1.29 is 4.79 Å². The van der Waals surface area contributed by atoms with Crippen LogP contribution in [0.25, 0.3) is 10.8 Å². The minimum absolute atomic E-state index is 0. The number of pyridine rings is 1. The summed E-state index contributed by atoms with van der Waals surface area (Å²) in [6.45, 7) is 4.97. The van der Waals surface area contributed by atoms with E-state index in [2.05, 4.69) is 41.3 Å². The van der Waals surface area contributed by atoms with Crippen LogP contribution in [0.4, 0.5) is 5.82 Å². The highest BCUT2D eigenvalue weighted by Gasteiger charge is 2.19. The number of aryl methyl sites for hydroxylation is 2. The number of hydrogen-bond acceptors (Lipinski definition) is 5. The summed E-state index contributed by atoms with van der Waals surface area (Å²) in [6, 6.07) is 10.2. The Bertz CT molecular complexity index is 1040. The highest BCUT2D eigenvalue weighted by atomic mass is 32.1. The molecule has 1 fully saturated rings. The fraction of sp³-hybridized carbons (Fsp3) is 0.440. The van der Waals surface area contributed by atoms with Gasteiger partial charge in [-0.1, -0.05) is 19.6 Å². The van der Waals surface area contributed by atoms with Crippen LogP contribution in [-0.4, -0.2) is 35.9 Å². The Hall–Kier alpha value is -2.44. The third kappa shape index (κ3) is 5.63. The number of thiophene rings is 1. The average Bonchev–Trinajstić information content (AvgIpc) is 3.12. The van der Waals surface area contributed by atoms with Gasteiger partial charge in [0.05, 0.1) is 4.88 Å². The maximum atomic E-state index is 12.9. The van der Waals surface area contributed by atoms with Crippen molar-refractivity contribution in [2.24, 2.45) is 5.92 Å². The van der Waals surface area contributed by atoms with Gasteiger partial charge in [0.2, 0.25) is 0 Å². The van der Waals surface area contributed by atoms with E-state index in [1.54, 1.807) is 17.5 Å². The number of amides is 1. The summed E-state index contributed by atoms with van der Waals surface area (Å²) in [5.41, 5.74) is 8.19. The molecule has 4 rings (SSSR count). The topological polar surface area (TPSA) is 71.2 Å². The molecule has 166 valence electrons. The summed E-state index contributed by atoms with van der Waals surface area (Å²) in [6.07, 6.45) is 6.41. The number of anilines is 1. The van der Waals surface area contributed by atoms with Gasteiger partial charge in [0.1, 0.15) is 5.82 Å². The zero-order valence-electron chi connectivity index (χ0n) is 17.8. The molecular weight excluding hydrogens is 404 g/mol. The third-order valence-electron chi connectivity index (χ3n) is 6.11. The van der Waals surface area contributed by atoms with Crippen molar-refractivity contribution in [2.75, 3.05) is 25.9 Å². The Kier molecular flexibility index (Phi) is 7.68. The smallest absolute Gasteiger partial charge is 0.261 e. The second-order valence-electron chi connectivity index (χ2n) is 8.43. The number of nitrogens with zero attached hydrogens (tertiary/aromatic N) is 2. The Morgan fingerprint density at radius 1 is 1.26 bits per heavy atom. The van der Waals surface area contributed by atoms with Gasteiger partial charge >= 0.3 is 0 Å². The first-order valence-electron chi connectivity index (χ1n) is 10.7. The van der Waals surface area contributed by atoms with E-state index in [0.29, 0.717) is 12.4 Å². The predicted octanol–water partition coefficient (Wildman–Crippen LogP) is 5.03. The number of nitrogens with two attached hydrogens (primary N) is 1. The Labute approximate surface area is 189 Å². The van der Waals surface area contributed by atoms with Crippen LogP contribution >= 0.6 is 11.3 Å². The number of nitrogen functional groups attached to an aromatic ring is 1. The summed E-state index contributed by atoms with van der Waals surface area (Å²) in [4.78, 5) is 21.5. The van der Waals surface area contributed by atoms with Crippen LogP contribution < -0.4 is 11.1 Å². The van der Waals surface area contributed by atoms with E-state index in [9.17, 15) is 4.79 Å². The highest BCUT2D eigenvalue weighted by Crippen LogP contribution is 2.27. The number of aromatic nitrogens is 1. The molecule has 5 nitrogen and oxygen atoms in total. The Balaban J connectivity index is 0.00000272. The van der Waals surface area contributed by atoms with E-state index in [0.717, 1.165) is 33.6 Å². The monoisotopic (exact) mass is 438 g/mol. The van der Waals surface area contributed by atoms with Crippen molar-refractivity contribution in [2.45, 2.75) is 46.6 Å². The minimum Gasteiger partial charge on any atom is -0.383 e. The SMILES string of the molecule is C.Cc1cc(CCC2CCN(C)CC2)c(C(=O)NCc2ccc3c(N)nccc3c2)s1. The quantitative estimate of drug-likeness (QED) is 0.566. The molecule has 1 aromatic carbocycles. The summed E-state index contributed by atoms with van der Waals surface area (Å²) < 4.78 is 0. The van der Waals surface area contributed by atoms with Crippen LogP contribution in [-0.2, 0) is 13.0 Å². The molecule has 0 aliphatic carbocycles. The number of benzene rings is 1. The zero-order chi connectivity index (χ0) is 21.1. The maximum absolute atomic E-state index is 12.9. The molecule has 1 aliphatic rings. The predicted molar refractivity (Wildman–Crippen MR) is 132 cm³/mol. The van der Waals surface area contributed by atoms with Crippen molar-refractivity contribution >= 4 is 33.8 Å². The third-order valence-corrected chi connectivity index (χ3v) is 7.20. The lowest BCUT2D eigenvalue weighted by atomic mass is 9.91. The van der Waals surface area contributed by atoms with Crippen LogP contribution in [0.2, 0.25) is 0 Å². The summed E-state index contributed by atoms with van der Waals surface area (Å²) >= 11 is 1.60. The van der Waals surface area contributed by atoms with Gasteiger partial charge in [-0.15, -0.1) is 11.3 Å².